The molecule has 0 spiro atoms. The summed E-state index contributed by atoms with van der Waals surface area (Å²) in [5, 5.41) is 0.832. The maximum Gasteiger partial charge on any atom is 0.236 e. The molecule has 0 aliphatic rings. The molecule has 0 aliphatic carbocycles. The fourth-order valence-electron chi connectivity index (χ4n) is 2.36. The Labute approximate surface area is 137 Å². The molecule has 0 amide bonds. The zero-order valence-corrected chi connectivity index (χ0v) is 14.9. The van der Waals surface area contributed by atoms with E-state index in [4.69, 9.17) is 0 Å². The molecular weight excluding hydrogens is 312 g/mol. The van der Waals surface area contributed by atoms with Gasteiger partial charge < -0.3 is 0 Å². The van der Waals surface area contributed by atoms with Crippen LogP contribution in [-0.4, -0.2) is 24.6 Å². The van der Waals surface area contributed by atoms with Crippen molar-refractivity contribution < 1.29 is 13.2 Å². The van der Waals surface area contributed by atoms with Crippen LogP contribution in [0.4, 0.5) is 5.69 Å². The molecule has 0 unspecified atom stereocenters. The normalized spacial score (nSPS) is 12.5. The minimum Gasteiger partial charge on any atom is -0.285 e. The van der Waals surface area contributed by atoms with E-state index in [1.807, 2.05) is 39.8 Å². The van der Waals surface area contributed by atoms with Gasteiger partial charge in [0, 0.05) is 17.0 Å². The Morgan fingerprint density at radius 2 is 1.91 bits per heavy atom. The molecule has 0 bridgehead atoms. The lowest BCUT2D eigenvalue weighted by atomic mass is 9.95. The fraction of sp³-hybridized carbons (Fsp3) is 0.471. The summed E-state index contributed by atoms with van der Waals surface area (Å²) in [4.78, 5) is 12.6. The highest BCUT2D eigenvalue weighted by Crippen LogP contribution is 2.28. The van der Waals surface area contributed by atoms with Crippen LogP contribution in [-0.2, 0) is 10.0 Å². The highest BCUT2D eigenvalue weighted by Gasteiger charge is 2.25. The fourth-order valence-corrected chi connectivity index (χ4v) is 3.63. The third kappa shape index (κ3) is 3.93. The molecular formula is C17H24N2O3S. The van der Waals surface area contributed by atoms with Crippen LogP contribution in [0.3, 0.4) is 0 Å². The number of anilines is 1. The van der Waals surface area contributed by atoms with Gasteiger partial charge in [-0.3, -0.25) is 14.1 Å². The molecule has 0 aliphatic heterocycles. The van der Waals surface area contributed by atoms with Gasteiger partial charge in [0.1, 0.15) is 0 Å². The number of rotatable bonds is 5. The van der Waals surface area contributed by atoms with E-state index in [-0.39, 0.29) is 11.7 Å². The first-order chi connectivity index (χ1) is 10.7. The van der Waals surface area contributed by atoms with Crippen LogP contribution in [0.25, 0.3) is 10.9 Å². The van der Waals surface area contributed by atoms with Gasteiger partial charge in [-0.25, -0.2) is 8.42 Å². The Bertz CT molecular complexity index is 814. The van der Waals surface area contributed by atoms with Crippen molar-refractivity contribution >= 4 is 32.5 Å². The second kappa shape index (κ2) is 6.35. The molecule has 1 heterocycles. The van der Waals surface area contributed by atoms with Crippen molar-refractivity contribution in [3.63, 3.8) is 0 Å². The second-order valence-electron chi connectivity index (χ2n) is 6.76. The van der Waals surface area contributed by atoms with E-state index in [1.165, 1.54) is 4.57 Å². The summed E-state index contributed by atoms with van der Waals surface area (Å²) in [6.07, 6.45) is 3.11. The summed E-state index contributed by atoms with van der Waals surface area (Å²) in [5.41, 5.74) is 0.494. The van der Waals surface area contributed by atoms with Crippen LogP contribution in [0, 0.1) is 5.41 Å². The van der Waals surface area contributed by atoms with Gasteiger partial charge in [-0.1, -0.05) is 46.2 Å². The molecule has 0 atom stereocenters. The van der Waals surface area contributed by atoms with Crippen molar-refractivity contribution in [1.29, 1.82) is 0 Å². The van der Waals surface area contributed by atoms with Crippen LogP contribution in [0.5, 0.6) is 0 Å². The second-order valence-corrected chi connectivity index (χ2v) is 8.60. The number of hydrogen-bond acceptors (Lipinski definition) is 3. The molecule has 2 aromatic rings. The van der Waals surface area contributed by atoms with E-state index >= 15 is 0 Å². The zero-order chi connectivity index (χ0) is 17.3. The number of aromatic nitrogens is 1. The summed E-state index contributed by atoms with van der Waals surface area (Å²) in [7, 11) is -3.42. The van der Waals surface area contributed by atoms with Gasteiger partial charge >= 0.3 is 0 Å². The predicted molar refractivity (Wildman–Crippen MR) is 94.3 cm³/mol. The van der Waals surface area contributed by atoms with E-state index < -0.39 is 15.4 Å². The summed E-state index contributed by atoms with van der Waals surface area (Å²) >= 11 is 0. The molecule has 6 heteroatoms. The van der Waals surface area contributed by atoms with Crippen LogP contribution in [0.1, 0.15) is 45.3 Å². The molecule has 0 radical (unpaired) electrons. The number of sulfonamides is 1. The van der Waals surface area contributed by atoms with E-state index in [2.05, 4.69) is 4.72 Å². The summed E-state index contributed by atoms with van der Waals surface area (Å²) < 4.78 is 28.6. The minimum atomic E-state index is -3.42. The molecule has 1 aromatic heterocycles. The largest absolute Gasteiger partial charge is 0.285 e. The Hall–Kier alpha value is -1.82. The molecule has 126 valence electrons. The molecule has 0 saturated heterocycles. The van der Waals surface area contributed by atoms with Crippen LogP contribution < -0.4 is 4.72 Å². The molecule has 23 heavy (non-hydrogen) atoms. The average molecular weight is 336 g/mol. The van der Waals surface area contributed by atoms with Crippen molar-refractivity contribution in [3.8, 4) is 0 Å². The Morgan fingerprint density at radius 1 is 1.22 bits per heavy atom. The smallest absolute Gasteiger partial charge is 0.236 e. The van der Waals surface area contributed by atoms with Crippen LogP contribution >= 0.6 is 0 Å². The molecule has 1 aromatic carbocycles. The number of nitrogens with one attached hydrogen (secondary N) is 1. The Balaban J connectivity index is 2.49. The number of carbonyl (C=O) groups is 1. The summed E-state index contributed by atoms with van der Waals surface area (Å²) in [5.74, 6) is 0.000998. The maximum absolute atomic E-state index is 12.6. The van der Waals surface area contributed by atoms with Crippen LogP contribution in [0.2, 0.25) is 0 Å². The number of unbranched alkanes of at least 4 members (excludes halogenated alkanes) is 1. The SMILES string of the molecule is CCCCS(=O)(=O)Nc1cccc2ccn(C(=O)C(C)(C)C)c12. The average Bonchev–Trinajstić information content (AvgIpc) is 2.88. The van der Waals surface area contributed by atoms with Crippen molar-refractivity contribution in [2.45, 2.75) is 40.5 Å². The lowest BCUT2D eigenvalue weighted by molar-refractivity contribution is 0.0773. The van der Waals surface area contributed by atoms with E-state index in [0.717, 1.165) is 11.8 Å². The van der Waals surface area contributed by atoms with Crippen LogP contribution in [0.15, 0.2) is 30.5 Å². The monoisotopic (exact) mass is 336 g/mol. The quantitative estimate of drug-likeness (QED) is 0.901. The zero-order valence-electron chi connectivity index (χ0n) is 14.1. The van der Waals surface area contributed by atoms with E-state index in [1.54, 1.807) is 18.3 Å². The predicted octanol–water partition coefficient (Wildman–Crippen LogP) is 3.87. The van der Waals surface area contributed by atoms with Crippen molar-refractivity contribution in [2.75, 3.05) is 10.5 Å². The first kappa shape index (κ1) is 17.5. The van der Waals surface area contributed by atoms with Crippen molar-refractivity contribution in [3.05, 3.63) is 30.5 Å². The lowest BCUT2D eigenvalue weighted by Crippen LogP contribution is -2.26. The standard InChI is InChI=1S/C17H24N2O3S/c1-5-6-12-23(21,22)18-14-9-7-8-13-10-11-19(15(13)14)16(20)17(2,3)4/h7-11,18H,5-6,12H2,1-4H3. The highest BCUT2D eigenvalue weighted by molar-refractivity contribution is 7.92. The number of nitrogens with zero attached hydrogens (tertiary/aromatic N) is 1. The number of hydrogen-bond donors (Lipinski definition) is 1. The summed E-state index contributed by atoms with van der Waals surface area (Å²) in [6, 6.07) is 7.17. The first-order valence-electron chi connectivity index (χ1n) is 7.81. The molecule has 0 saturated carbocycles. The Morgan fingerprint density at radius 3 is 2.52 bits per heavy atom. The molecule has 1 N–H and O–H groups in total. The maximum atomic E-state index is 12.6. The topological polar surface area (TPSA) is 68.2 Å². The van der Waals surface area contributed by atoms with Gasteiger partial charge in [0.2, 0.25) is 15.9 Å². The Kier molecular flexibility index (Phi) is 4.84. The highest BCUT2D eigenvalue weighted by atomic mass is 32.2. The molecule has 0 fully saturated rings. The number of carbonyl (C=O) groups excluding carboxylic acids is 1. The van der Waals surface area contributed by atoms with Crippen molar-refractivity contribution in [2.24, 2.45) is 5.41 Å². The number of benzene rings is 1. The lowest BCUT2D eigenvalue weighted by Gasteiger charge is -2.19. The number of para-hydroxylation sites is 1. The van der Waals surface area contributed by atoms with E-state index in [0.29, 0.717) is 17.6 Å². The molecule has 5 nitrogen and oxygen atoms in total. The van der Waals surface area contributed by atoms with Gasteiger partial charge in [-0.15, -0.1) is 0 Å². The van der Waals surface area contributed by atoms with Gasteiger partial charge in [0.05, 0.1) is 17.0 Å². The molecule has 2 rings (SSSR count). The van der Waals surface area contributed by atoms with Gasteiger partial charge in [0.25, 0.3) is 0 Å². The first-order valence-corrected chi connectivity index (χ1v) is 9.46. The van der Waals surface area contributed by atoms with Gasteiger partial charge in [-0.05, 0) is 18.6 Å². The third-order valence-electron chi connectivity index (χ3n) is 3.60. The minimum absolute atomic E-state index is 0.0762. The van der Waals surface area contributed by atoms with Crippen molar-refractivity contribution in [1.82, 2.24) is 4.57 Å². The summed E-state index contributed by atoms with van der Waals surface area (Å²) in [6.45, 7) is 7.48. The van der Waals surface area contributed by atoms with E-state index in [9.17, 15) is 13.2 Å². The third-order valence-corrected chi connectivity index (χ3v) is 4.96. The van der Waals surface area contributed by atoms with Gasteiger partial charge in [0.15, 0.2) is 0 Å². The number of fused-ring (bicyclic) bond motifs is 1. The van der Waals surface area contributed by atoms with Gasteiger partial charge in [-0.2, -0.15) is 0 Å².